The fraction of sp³-hybridized carbons (Fsp3) is 0.429. The number of rotatable bonds is 3. The van der Waals surface area contributed by atoms with Gasteiger partial charge in [-0.3, -0.25) is 0 Å². The molecule has 1 aromatic carbocycles. The van der Waals surface area contributed by atoms with E-state index in [1.54, 1.807) is 24.6 Å². The van der Waals surface area contributed by atoms with Gasteiger partial charge in [0.1, 0.15) is 36.4 Å². The molecule has 0 amide bonds. The molecule has 2 saturated heterocycles. The van der Waals surface area contributed by atoms with Crippen LogP contribution < -0.4 is 0 Å². The number of aliphatic hydroxyl groups excluding tert-OH is 1. The highest BCUT2D eigenvalue weighted by Crippen LogP contribution is 2.48. The zero-order valence-corrected chi connectivity index (χ0v) is 17.0. The van der Waals surface area contributed by atoms with Crippen LogP contribution in [0.25, 0.3) is 11.0 Å². The number of phenolic OH excluding ortho intramolecular Hbond substituents is 1. The highest BCUT2D eigenvalue weighted by atomic mass is 19.2. The minimum absolute atomic E-state index is 0.202. The molecule has 5 rings (SSSR count). The van der Waals surface area contributed by atoms with Crippen LogP contribution in [0.5, 0.6) is 5.75 Å². The number of fused-ring (bicyclic) bond motifs is 2. The highest BCUT2D eigenvalue weighted by molar-refractivity contribution is 5.78. The van der Waals surface area contributed by atoms with E-state index in [0.29, 0.717) is 5.65 Å². The standard InChI is InChI=1S/C21H21F2N3O5/c1-9-10-6-7-26(19(10)25-8-24-9)20-18-17(30-21(2,3)31-18)16(29-20)15(28)11-4-5-12(22)13(23)14(11)27/h4-8,15-18,20,27-28H,1-3H3/t15-,16-,17-,18-,20-/m1/s1. The zero-order valence-electron chi connectivity index (χ0n) is 17.0. The highest BCUT2D eigenvalue weighted by Gasteiger charge is 2.58. The van der Waals surface area contributed by atoms with Gasteiger partial charge >= 0.3 is 0 Å². The first-order valence-corrected chi connectivity index (χ1v) is 9.82. The topological polar surface area (TPSA) is 98.9 Å². The molecule has 3 aromatic rings. The van der Waals surface area contributed by atoms with Gasteiger partial charge < -0.3 is 29.0 Å². The van der Waals surface area contributed by atoms with Gasteiger partial charge in [0.2, 0.25) is 5.82 Å². The smallest absolute Gasteiger partial charge is 0.200 e. The van der Waals surface area contributed by atoms with E-state index in [0.717, 1.165) is 23.2 Å². The molecule has 5 atom stereocenters. The van der Waals surface area contributed by atoms with Crippen LogP contribution in [0.1, 0.15) is 37.4 Å². The molecule has 10 heteroatoms. The van der Waals surface area contributed by atoms with Crippen molar-refractivity contribution in [2.75, 3.05) is 0 Å². The summed E-state index contributed by atoms with van der Waals surface area (Å²) < 4.78 is 47.3. The molecule has 2 aliphatic rings. The van der Waals surface area contributed by atoms with Gasteiger partial charge in [0, 0.05) is 17.1 Å². The molecule has 2 fully saturated rings. The number of aromatic nitrogens is 3. The molecule has 0 bridgehead atoms. The van der Waals surface area contributed by atoms with Crippen LogP contribution in [0.4, 0.5) is 8.78 Å². The van der Waals surface area contributed by atoms with E-state index in [-0.39, 0.29) is 5.56 Å². The summed E-state index contributed by atoms with van der Waals surface area (Å²) in [5, 5.41) is 21.8. The molecular formula is C21H21F2N3O5. The number of aliphatic hydroxyl groups is 1. The molecule has 2 aliphatic heterocycles. The van der Waals surface area contributed by atoms with Gasteiger partial charge in [-0.05, 0) is 39.0 Å². The van der Waals surface area contributed by atoms with E-state index in [9.17, 15) is 19.0 Å². The third kappa shape index (κ3) is 3.09. The number of ether oxygens (including phenoxy) is 3. The maximum atomic E-state index is 13.9. The van der Waals surface area contributed by atoms with Crippen LogP contribution >= 0.6 is 0 Å². The first kappa shape index (κ1) is 20.3. The summed E-state index contributed by atoms with van der Waals surface area (Å²) in [4.78, 5) is 8.53. The number of halogens is 2. The van der Waals surface area contributed by atoms with E-state index in [1.165, 1.54) is 6.33 Å². The van der Waals surface area contributed by atoms with Crippen molar-refractivity contribution in [3.8, 4) is 5.75 Å². The van der Waals surface area contributed by atoms with Crippen molar-refractivity contribution >= 4 is 11.0 Å². The zero-order chi connectivity index (χ0) is 22.1. The summed E-state index contributed by atoms with van der Waals surface area (Å²) in [5.41, 5.74) is 1.22. The van der Waals surface area contributed by atoms with Crippen molar-refractivity contribution in [2.45, 2.75) is 57.2 Å². The Morgan fingerprint density at radius 2 is 1.87 bits per heavy atom. The Bertz CT molecular complexity index is 1170. The van der Waals surface area contributed by atoms with Crippen molar-refractivity contribution in [3.63, 3.8) is 0 Å². The normalized spacial score (nSPS) is 28.2. The number of aryl methyl sites for hydroxylation is 1. The molecule has 0 saturated carbocycles. The van der Waals surface area contributed by atoms with E-state index in [1.807, 2.05) is 13.0 Å². The summed E-state index contributed by atoms with van der Waals surface area (Å²) in [7, 11) is 0. The lowest BCUT2D eigenvalue weighted by Crippen LogP contribution is -2.34. The molecule has 0 radical (unpaired) electrons. The predicted octanol–water partition coefficient (Wildman–Crippen LogP) is 2.87. The molecule has 4 heterocycles. The Morgan fingerprint density at radius 3 is 2.65 bits per heavy atom. The second-order valence-electron chi connectivity index (χ2n) is 8.22. The summed E-state index contributed by atoms with van der Waals surface area (Å²) in [6, 6.07) is 3.81. The molecule has 0 unspecified atom stereocenters. The lowest BCUT2D eigenvalue weighted by atomic mass is 9.98. The lowest BCUT2D eigenvalue weighted by Gasteiger charge is -2.27. The molecule has 0 spiro atoms. The molecule has 0 aliphatic carbocycles. The first-order valence-electron chi connectivity index (χ1n) is 9.82. The first-order chi connectivity index (χ1) is 14.7. The van der Waals surface area contributed by atoms with E-state index >= 15 is 0 Å². The molecular weight excluding hydrogens is 412 g/mol. The van der Waals surface area contributed by atoms with Crippen molar-refractivity contribution in [2.24, 2.45) is 0 Å². The van der Waals surface area contributed by atoms with Gasteiger partial charge in [-0.1, -0.05) is 0 Å². The van der Waals surface area contributed by atoms with Crippen LogP contribution in [0.15, 0.2) is 30.7 Å². The van der Waals surface area contributed by atoms with Crippen LogP contribution in [-0.4, -0.2) is 48.8 Å². The Labute approximate surface area is 176 Å². The fourth-order valence-corrected chi connectivity index (χ4v) is 4.36. The Morgan fingerprint density at radius 1 is 1.13 bits per heavy atom. The van der Waals surface area contributed by atoms with Crippen molar-refractivity contribution in [3.05, 3.63) is 53.6 Å². The minimum Gasteiger partial charge on any atom is -0.504 e. The molecule has 164 valence electrons. The lowest BCUT2D eigenvalue weighted by molar-refractivity contribution is -0.207. The van der Waals surface area contributed by atoms with Crippen molar-refractivity contribution in [1.29, 1.82) is 0 Å². The van der Waals surface area contributed by atoms with Crippen LogP contribution in [0.3, 0.4) is 0 Å². The van der Waals surface area contributed by atoms with E-state index in [4.69, 9.17) is 14.2 Å². The largest absolute Gasteiger partial charge is 0.504 e. The third-order valence-electron chi connectivity index (χ3n) is 5.78. The van der Waals surface area contributed by atoms with Crippen LogP contribution in [0.2, 0.25) is 0 Å². The average molecular weight is 433 g/mol. The number of nitrogens with zero attached hydrogens (tertiary/aromatic N) is 3. The maximum absolute atomic E-state index is 13.9. The van der Waals surface area contributed by atoms with Crippen molar-refractivity contribution in [1.82, 2.24) is 14.5 Å². The molecule has 8 nitrogen and oxygen atoms in total. The van der Waals surface area contributed by atoms with E-state index in [2.05, 4.69) is 9.97 Å². The monoisotopic (exact) mass is 433 g/mol. The second-order valence-corrected chi connectivity index (χ2v) is 8.22. The van der Waals surface area contributed by atoms with Crippen molar-refractivity contribution < 1.29 is 33.2 Å². The number of benzene rings is 1. The number of hydrogen-bond acceptors (Lipinski definition) is 7. The minimum atomic E-state index is -1.50. The fourth-order valence-electron chi connectivity index (χ4n) is 4.36. The quantitative estimate of drug-likeness (QED) is 0.655. The van der Waals surface area contributed by atoms with Gasteiger partial charge in [-0.25, -0.2) is 14.4 Å². The summed E-state index contributed by atoms with van der Waals surface area (Å²) in [6.07, 6.45) is -1.35. The van der Waals surface area contributed by atoms with Gasteiger partial charge in [-0.2, -0.15) is 4.39 Å². The van der Waals surface area contributed by atoms with Gasteiger partial charge in [0.05, 0.1) is 5.69 Å². The van der Waals surface area contributed by atoms with Gasteiger partial charge in [0.15, 0.2) is 23.6 Å². The summed E-state index contributed by atoms with van der Waals surface area (Å²) in [6.45, 7) is 5.34. The molecule has 2 aromatic heterocycles. The summed E-state index contributed by atoms with van der Waals surface area (Å²) >= 11 is 0. The van der Waals surface area contributed by atoms with Gasteiger partial charge in [-0.15, -0.1) is 0 Å². The van der Waals surface area contributed by atoms with E-state index < -0.39 is 53.8 Å². The number of hydrogen-bond donors (Lipinski definition) is 2. The second kappa shape index (κ2) is 6.92. The molecule has 2 N–H and O–H groups in total. The number of phenols is 1. The predicted molar refractivity (Wildman–Crippen MR) is 103 cm³/mol. The van der Waals surface area contributed by atoms with Crippen LogP contribution in [0, 0.1) is 18.6 Å². The average Bonchev–Trinajstić information content (AvgIpc) is 3.37. The Hall–Kier alpha value is -2.66. The SMILES string of the molecule is Cc1ncnc2c1ccn2[C@@H]1O[C@H]([C@H](O)c2ccc(F)c(F)c2O)[C@H]2OC(C)(C)O[C@H]21. The molecule has 31 heavy (non-hydrogen) atoms. The Kier molecular flexibility index (Phi) is 4.52. The number of aromatic hydroxyl groups is 1. The Balaban J connectivity index is 1.55. The van der Waals surface area contributed by atoms with Gasteiger partial charge in [0.25, 0.3) is 0 Å². The summed E-state index contributed by atoms with van der Waals surface area (Å²) in [5.74, 6) is -4.58. The third-order valence-corrected chi connectivity index (χ3v) is 5.78. The maximum Gasteiger partial charge on any atom is 0.200 e. The van der Waals surface area contributed by atoms with Crippen LogP contribution in [-0.2, 0) is 14.2 Å².